The van der Waals surface area contributed by atoms with Crippen molar-refractivity contribution in [2.24, 2.45) is 0 Å². The van der Waals surface area contributed by atoms with Gasteiger partial charge in [0, 0.05) is 18.2 Å². The van der Waals surface area contributed by atoms with E-state index in [9.17, 15) is 9.59 Å². The minimum absolute atomic E-state index is 0.0700. The van der Waals surface area contributed by atoms with Crippen LogP contribution in [0.4, 0.5) is 0 Å². The van der Waals surface area contributed by atoms with Gasteiger partial charge in [0.25, 0.3) is 0 Å². The number of carbonyl (C=O) groups excluding carboxylic acids is 1. The van der Waals surface area contributed by atoms with E-state index in [0.717, 1.165) is 31.0 Å². The highest BCUT2D eigenvalue weighted by Gasteiger charge is 1.97. The molecule has 0 saturated heterocycles. The predicted molar refractivity (Wildman–Crippen MR) is 71.4 cm³/mol. The lowest BCUT2D eigenvalue weighted by Crippen LogP contribution is -2.02. The zero-order valence-electron chi connectivity index (χ0n) is 10.7. The Bertz CT molecular complexity index is 195. The number of unbranched alkanes of at least 4 members (excludes halogenated alkanes) is 2. The number of hydrogen-bond donors (Lipinski definition) is 1. The van der Waals surface area contributed by atoms with Crippen LogP contribution in [0.25, 0.3) is 0 Å². The molecule has 0 spiro atoms. The van der Waals surface area contributed by atoms with Gasteiger partial charge < -0.3 is 9.84 Å². The molecule has 0 aliphatic heterocycles. The van der Waals surface area contributed by atoms with Crippen LogP contribution in [-0.4, -0.2) is 29.0 Å². The van der Waals surface area contributed by atoms with Crippen LogP contribution in [0.15, 0.2) is 0 Å². The molecule has 0 rings (SSSR count). The molecule has 0 aromatic rings. The highest BCUT2D eigenvalue weighted by molar-refractivity contribution is 9.09. The molecule has 0 bridgehead atoms. The van der Waals surface area contributed by atoms with Gasteiger partial charge in [-0.15, -0.1) is 0 Å². The Hall–Kier alpha value is -0.580. The summed E-state index contributed by atoms with van der Waals surface area (Å²) in [6.45, 7) is 4.38. The zero-order chi connectivity index (χ0) is 13.5. The number of carbonyl (C=O) groups is 2. The monoisotopic (exact) mass is 310 g/mol. The Labute approximate surface area is 112 Å². The summed E-state index contributed by atoms with van der Waals surface area (Å²) in [6, 6.07) is 0. The normalized spacial score (nSPS) is 9.12. The van der Waals surface area contributed by atoms with E-state index in [1.54, 1.807) is 0 Å². The van der Waals surface area contributed by atoms with Crippen molar-refractivity contribution in [2.45, 2.75) is 52.4 Å². The molecule has 5 heteroatoms. The summed E-state index contributed by atoms with van der Waals surface area (Å²) >= 11 is 3.21. The minimum Gasteiger partial charge on any atom is -0.481 e. The number of ether oxygens (including phenoxy) is 1. The standard InChI is InChI=1S/C7H14O2.C5H9BrO2/c1-3-5-6-7(8)9-4-2;6-4-2-1-3-5(7)8/h3-6H2,1-2H3;1-4H2,(H,7,8). The molecule has 0 amide bonds. The van der Waals surface area contributed by atoms with Crippen molar-refractivity contribution >= 4 is 27.9 Å². The molecule has 0 aromatic carbocycles. The van der Waals surface area contributed by atoms with Crippen molar-refractivity contribution in [1.82, 2.24) is 0 Å². The average molecular weight is 311 g/mol. The number of aliphatic carboxylic acids is 1. The summed E-state index contributed by atoms with van der Waals surface area (Å²) in [5.41, 5.74) is 0. The van der Waals surface area contributed by atoms with Gasteiger partial charge in [0.2, 0.25) is 0 Å². The molecule has 17 heavy (non-hydrogen) atoms. The van der Waals surface area contributed by atoms with Gasteiger partial charge in [-0.2, -0.15) is 0 Å². The summed E-state index contributed by atoms with van der Waals surface area (Å²) in [5, 5.41) is 9.03. The first-order chi connectivity index (χ1) is 8.08. The predicted octanol–water partition coefficient (Wildman–Crippen LogP) is 3.38. The Morgan fingerprint density at radius 1 is 1.12 bits per heavy atom. The van der Waals surface area contributed by atoms with Gasteiger partial charge in [-0.3, -0.25) is 9.59 Å². The number of carboxylic acids is 1. The maximum Gasteiger partial charge on any atom is 0.305 e. The van der Waals surface area contributed by atoms with Crippen LogP contribution in [0.3, 0.4) is 0 Å². The first-order valence-electron chi connectivity index (χ1n) is 6.01. The summed E-state index contributed by atoms with van der Waals surface area (Å²) in [5.74, 6) is -0.773. The fraction of sp³-hybridized carbons (Fsp3) is 0.833. The molecule has 0 aliphatic rings. The quantitative estimate of drug-likeness (QED) is 0.424. The van der Waals surface area contributed by atoms with Gasteiger partial charge in [0.1, 0.15) is 0 Å². The van der Waals surface area contributed by atoms with Crippen molar-refractivity contribution < 1.29 is 19.4 Å². The van der Waals surface area contributed by atoms with E-state index in [4.69, 9.17) is 9.84 Å². The van der Waals surface area contributed by atoms with E-state index in [-0.39, 0.29) is 5.97 Å². The first kappa shape index (κ1) is 18.8. The van der Waals surface area contributed by atoms with E-state index >= 15 is 0 Å². The molecule has 1 N–H and O–H groups in total. The van der Waals surface area contributed by atoms with Crippen LogP contribution in [0.2, 0.25) is 0 Å². The van der Waals surface area contributed by atoms with Crippen molar-refractivity contribution in [2.75, 3.05) is 11.9 Å². The Morgan fingerprint density at radius 2 is 1.76 bits per heavy atom. The van der Waals surface area contributed by atoms with Crippen LogP contribution in [-0.2, 0) is 14.3 Å². The molecular formula is C12H23BrO4. The SMILES string of the molecule is CCCCC(=O)OCC.O=C(O)CCCCBr. The summed E-state index contributed by atoms with van der Waals surface area (Å²) in [6.07, 6.45) is 4.60. The lowest BCUT2D eigenvalue weighted by Gasteiger charge is -1.97. The third-order valence-electron chi connectivity index (χ3n) is 1.81. The smallest absolute Gasteiger partial charge is 0.305 e. The van der Waals surface area contributed by atoms with Gasteiger partial charge in [0.15, 0.2) is 0 Å². The third kappa shape index (κ3) is 21.3. The van der Waals surface area contributed by atoms with Crippen LogP contribution in [0.1, 0.15) is 52.4 Å². The molecule has 102 valence electrons. The Balaban J connectivity index is 0. The van der Waals surface area contributed by atoms with E-state index in [2.05, 4.69) is 22.9 Å². The lowest BCUT2D eigenvalue weighted by atomic mass is 10.3. The van der Waals surface area contributed by atoms with Gasteiger partial charge >= 0.3 is 11.9 Å². The number of carboxylic acid groups (broad SMARTS) is 1. The molecule has 0 saturated carbocycles. The fourth-order valence-electron chi connectivity index (χ4n) is 0.925. The Kier molecular flexibility index (Phi) is 17.0. The largest absolute Gasteiger partial charge is 0.481 e. The first-order valence-corrected chi connectivity index (χ1v) is 7.13. The van der Waals surface area contributed by atoms with E-state index in [1.807, 2.05) is 6.92 Å². The van der Waals surface area contributed by atoms with Crippen molar-refractivity contribution in [1.29, 1.82) is 0 Å². The zero-order valence-corrected chi connectivity index (χ0v) is 12.3. The molecule has 0 heterocycles. The minimum atomic E-state index is -0.703. The van der Waals surface area contributed by atoms with Gasteiger partial charge in [0.05, 0.1) is 6.61 Å². The topological polar surface area (TPSA) is 63.6 Å². The maximum absolute atomic E-state index is 10.6. The van der Waals surface area contributed by atoms with Gasteiger partial charge in [-0.1, -0.05) is 29.3 Å². The van der Waals surface area contributed by atoms with Crippen molar-refractivity contribution in [3.05, 3.63) is 0 Å². The Morgan fingerprint density at radius 3 is 2.18 bits per heavy atom. The highest BCUT2D eigenvalue weighted by atomic mass is 79.9. The van der Waals surface area contributed by atoms with Crippen molar-refractivity contribution in [3.8, 4) is 0 Å². The molecule has 0 aliphatic carbocycles. The average Bonchev–Trinajstić information content (AvgIpc) is 2.27. The van der Waals surface area contributed by atoms with Crippen LogP contribution >= 0.6 is 15.9 Å². The molecule has 0 aromatic heterocycles. The number of hydrogen-bond acceptors (Lipinski definition) is 3. The summed E-state index contributed by atoms with van der Waals surface area (Å²) in [4.78, 5) is 20.4. The molecular weight excluding hydrogens is 288 g/mol. The molecule has 0 atom stereocenters. The lowest BCUT2D eigenvalue weighted by molar-refractivity contribution is -0.143. The van der Waals surface area contributed by atoms with Crippen LogP contribution in [0.5, 0.6) is 0 Å². The molecule has 4 nitrogen and oxygen atoms in total. The fourth-order valence-corrected chi connectivity index (χ4v) is 1.32. The second-order valence-corrected chi connectivity index (χ2v) is 4.24. The number of halogens is 1. The van der Waals surface area contributed by atoms with Crippen molar-refractivity contribution in [3.63, 3.8) is 0 Å². The summed E-state index contributed by atoms with van der Waals surface area (Å²) < 4.78 is 4.70. The van der Waals surface area contributed by atoms with E-state index in [0.29, 0.717) is 19.4 Å². The molecule has 0 fully saturated rings. The number of esters is 1. The van der Waals surface area contributed by atoms with Gasteiger partial charge in [-0.25, -0.2) is 0 Å². The second-order valence-electron chi connectivity index (χ2n) is 3.45. The highest BCUT2D eigenvalue weighted by Crippen LogP contribution is 1.97. The van der Waals surface area contributed by atoms with E-state index in [1.165, 1.54) is 0 Å². The second kappa shape index (κ2) is 15.4. The summed E-state index contributed by atoms with van der Waals surface area (Å²) in [7, 11) is 0. The van der Waals surface area contributed by atoms with Crippen LogP contribution in [0, 0.1) is 0 Å². The number of rotatable bonds is 8. The molecule has 0 unspecified atom stereocenters. The molecule has 0 radical (unpaired) electrons. The maximum atomic E-state index is 10.6. The third-order valence-corrected chi connectivity index (χ3v) is 2.37. The van der Waals surface area contributed by atoms with Gasteiger partial charge in [-0.05, 0) is 26.2 Å². The number of alkyl halides is 1. The van der Waals surface area contributed by atoms with E-state index < -0.39 is 5.97 Å². The van der Waals surface area contributed by atoms with Crippen LogP contribution < -0.4 is 0 Å².